The Morgan fingerprint density at radius 3 is 2.75 bits per heavy atom. The summed E-state index contributed by atoms with van der Waals surface area (Å²) in [6.45, 7) is 1.74. The average molecular weight is 254 g/mol. The van der Waals surface area contributed by atoms with Gasteiger partial charge in [-0.05, 0) is 18.6 Å². The summed E-state index contributed by atoms with van der Waals surface area (Å²) in [5, 5.41) is 3.34. The number of hydrogen-bond donors (Lipinski definition) is 1. The van der Waals surface area contributed by atoms with Gasteiger partial charge < -0.3 is 5.32 Å². The normalized spacial score (nSPS) is 10.6. The van der Waals surface area contributed by atoms with Crippen molar-refractivity contribution in [3.63, 3.8) is 0 Å². The summed E-state index contributed by atoms with van der Waals surface area (Å²) in [4.78, 5) is 9.22. The molecule has 0 unspecified atom stereocenters. The summed E-state index contributed by atoms with van der Waals surface area (Å²) in [5.41, 5.74) is 1.10. The standard InChI is InChI=1S/C11H12ClN3S/c12-11-2-1-10(16-11)3-4-13-5-9-6-14-8-15-7-9/h1-2,6-8,13H,3-5H2. The molecule has 16 heavy (non-hydrogen) atoms. The molecule has 2 aromatic rings. The highest BCUT2D eigenvalue weighted by Crippen LogP contribution is 2.21. The Morgan fingerprint density at radius 2 is 2.06 bits per heavy atom. The highest BCUT2D eigenvalue weighted by Gasteiger charge is 1.97. The van der Waals surface area contributed by atoms with Crippen LogP contribution in [0, 0.1) is 0 Å². The lowest BCUT2D eigenvalue weighted by Gasteiger charge is -2.02. The second-order valence-corrected chi connectivity index (χ2v) is 5.18. The third-order valence-corrected chi connectivity index (χ3v) is 3.41. The third kappa shape index (κ3) is 3.56. The average Bonchev–Trinajstić information content (AvgIpc) is 2.72. The second-order valence-electron chi connectivity index (χ2n) is 3.38. The van der Waals surface area contributed by atoms with E-state index >= 15 is 0 Å². The van der Waals surface area contributed by atoms with Crippen molar-refractivity contribution in [2.24, 2.45) is 0 Å². The Bertz CT molecular complexity index is 430. The molecule has 84 valence electrons. The van der Waals surface area contributed by atoms with Gasteiger partial charge in [0.15, 0.2) is 0 Å². The van der Waals surface area contributed by atoms with Crippen molar-refractivity contribution in [3.8, 4) is 0 Å². The topological polar surface area (TPSA) is 37.8 Å². The Balaban J connectivity index is 1.69. The Hall–Kier alpha value is -0.970. The lowest BCUT2D eigenvalue weighted by Crippen LogP contribution is -2.16. The van der Waals surface area contributed by atoms with E-state index in [0.29, 0.717) is 0 Å². The maximum atomic E-state index is 5.85. The van der Waals surface area contributed by atoms with Crippen molar-refractivity contribution in [1.82, 2.24) is 15.3 Å². The first-order valence-corrected chi connectivity index (χ1v) is 6.23. The van der Waals surface area contributed by atoms with E-state index in [1.807, 2.05) is 18.5 Å². The Labute approximate surface area is 104 Å². The van der Waals surface area contributed by atoms with Gasteiger partial charge in [0.05, 0.1) is 4.34 Å². The summed E-state index contributed by atoms with van der Waals surface area (Å²) in [7, 11) is 0. The fourth-order valence-corrected chi connectivity index (χ4v) is 2.44. The first kappa shape index (κ1) is 11.5. The quantitative estimate of drug-likeness (QED) is 0.833. The predicted molar refractivity (Wildman–Crippen MR) is 66.8 cm³/mol. The monoisotopic (exact) mass is 253 g/mol. The van der Waals surface area contributed by atoms with Crippen molar-refractivity contribution in [3.05, 3.63) is 45.6 Å². The van der Waals surface area contributed by atoms with Crippen LogP contribution in [0.2, 0.25) is 4.34 Å². The van der Waals surface area contributed by atoms with Crippen molar-refractivity contribution < 1.29 is 0 Å². The van der Waals surface area contributed by atoms with Crippen molar-refractivity contribution >= 4 is 22.9 Å². The fourth-order valence-electron chi connectivity index (χ4n) is 1.35. The second kappa shape index (κ2) is 5.94. The van der Waals surface area contributed by atoms with Crippen LogP contribution in [-0.2, 0) is 13.0 Å². The van der Waals surface area contributed by atoms with Gasteiger partial charge in [-0.25, -0.2) is 9.97 Å². The van der Waals surface area contributed by atoms with Gasteiger partial charge >= 0.3 is 0 Å². The molecule has 0 spiro atoms. The number of rotatable bonds is 5. The SMILES string of the molecule is Clc1ccc(CCNCc2cncnc2)s1. The number of halogens is 1. The minimum atomic E-state index is 0.806. The van der Waals surface area contributed by atoms with Gasteiger partial charge in [0, 0.05) is 35.9 Å². The molecule has 5 heteroatoms. The van der Waals surface area contributed by atoms with Crippen LogP contribution < -0.4 is 5.32 Å². The molecular weight excluding hydrogens is 242 g/mol. The van der Waals surface area contributed by atoms with Crippen molar-refractivity contribution in [2.45, 2.75) is 13.0 Å². The molecule has 0 radical (unpaired) electrons. The number of hydrogen-bond acceptors (Lipinski definition) is 4. The number of thiophene rings is 1. The first-order chi connectivity index (χ1) is 7.84. The minimum absolute atomic E-state index is 0.806. The Kier molecular flexibility index (Phi) is 4.27. The van der Waals surface area contributed by atoms with Gasteiger partial charge in [-0.3, -0.25) is 0 Å². The van der Waals surface area contributed by atoms with Crippen molar-refractivity contribution in [2.75, 3.05) is 6.54 Å². The molecule has 0 aromatic carbocycles. The zero-order valence-corrected chi connectivity index (χ0v) is 10.3. The van der Waals surface area contributed by atoms with Crippen LogP contribution in [0.25, 0.3) is 0 Å². The zero-order valence-electron chi connectivity index (χ0n) is 8.69. The summed E-state index contributed by atoms with van der Waals surface area (Å²) in [6, 6.07) is 4.01. The summed E-state index contributed by atoms with van der Waals surface area (Å²) in [5.74, 6) is 0. The summed E-state index contributed by atoms with van der Waals surface area (Å²) >= 11 is 7.49. The fraction of sp³-hybridized carbons (Fsp3) is 0.273. The molecule has 3 nitrogen and oxygen atoms in total. The zero-order chi connectivity index (χ0) is 11.2. The van der Waals surface area contributed by atoms with Gasteiger partial charge in [0.1, 0.15) is 6.33 Å². The molecule has 0 aliphatic rings. The molecule has 2 aromatic heterocycles. The van der Waals surface area contributed by atoms with E-state index in [2.05, 4.69) is 21.4 Å². The maximum Gasteiger partial charge on any atom is 0.115 e. The van der Waals surface area contributed by atoms with Gasteiger partial charge in [-0.2, -0.15) is 0 Å². The highest BCUT2D eigenvalue weighted by atomic mass is 35.5. The van der Waals surface area contributed by atoms with Crippen LogP contribution in [0.15, 0.2) is 30.9 Å². The third-order valence-electron chi connectivity index (χ3n) is 2.12. The largest absolute Gasteiger partial charge is 0.312 e. The molecule has 0 bridgehead atoms. The minimum Gasteiger partial charge on any atom is -0.312 e. The van der Waals surface area contributed by atoms with Gasteiger partial charge in [0.2, 0.25) is 0 Å². The smallest absolute Gasteiger partial charge is 0.115 e. The molecule has 0 fully saturated rings. The van der Waals surface area contributed by atoms with Gasteiger partial charge in [-0.15, -0.1) is 11.3 Å². The van der Waals surface area contributed by atoms with Crippen LogP contribution >= 0.6 is 22.9 Å². The predicted octanol–water partition coefficient (Wildman–Crippen LogP) is 2.52. The van der Waals surface area contributed by atoms with Crippen molar-refractivity contribution in [1.29, 1.82) is 0 Å². The lowest BCUT2D eigenvalue weighted by molar-refractivity contribution is 0.686. The Morgan fingerprint density at radius 1 is 1.25 bits per heavy atom. The van der Waals surface area contributed by atoms with Gasteiger partial charge in [-0.1, -0.05) is 11.6 Å². The van der Waals surface area contributed by atoms with Gasteiger partial charge in [0.25, 0.3) is 0 Å². The molecule has 0 aliphatic carbocycles. The van der Waals surface area contributed by atoms with E-state index < -0.39 is 0 Å². The van der Waals surface area contributed by atoms with Crippen LogP contribution in [0.4, 0.5) is 0 Å². The van der Waals surface area contributed by atoms with Crippen LogP contribution in [0.5, 0.6) is 0 Å². The summed E-state index contributed by atoms with van der Waals surface area (Å²) < 4.78 is 0.853. The molecule has 0 aliphatic heterocycles. The molecule has 0 amide bonds. The molecule has 0 saturated carbocycles. The number of nitrogens with one attached hydrogen (secondary N) is 1. The van der Waals surface area contributed by atoms with E-state index in [9.17, 15) is 0 Å². The van der Waals surface area contributed by atoms with Crippen LogP contribution in [0.1, 0.15) is 10.4 Å². The molecular formula is C11H12ClN3S. The number of nitrogens with zero attached hydrogens (tertiary/aromatic N) is 2. The maximum absolute atomic E-state index is 5.85. The van der Waals surface area contributed by atoms with Crippen LogP contribution in [-0.4, -0.2) is 16.5 Å². The van der Waals surface area contributed by atoms with E-state index in [1.165, 1.54) is 11.2 Å². The molecule has 2 rings (SSSR count). The number of aromatic nitrogens is 2. The van der Waals surface area contributed by atoms with E-state index in [4.69, 9.17) is 11.6 Å². The molecule has 0 atom stereocenters. The molecule has 2 heterocycles. The van der Waals surface area contributed by atoms with E-state index in [1.54, 1.807) is 11.3 Å². The lowest BCUT2D eigenvalue weighted by atomic mass is 10.3. The molecule has 1 N–H and O–H groups in total. The summed E-state index contributed by atoms with van der Waals surface area (Å²) in [6.07, 6.45) is 6.19. The van der Waals surface area contributed by atoms with E-state index in [-0.39, 0.29) is 0 Å². The van der Waals surface area contributed by atoms with Crippen LogP contribution in [0.3, 0.4) is 0 Å². The first-order valence-electron chi connectivity index (χ1n) is 5.03. The van der Waals surface area contributed by atoms with E-state index in [0.717, 1.165) is 29.4 Å². The highest BCUT2D eigenvalue weighted by molar-refractivity contribution is 7.16. The molecule has 0 saturated heterocycles.